The second-order valence-corrected chi connectivity index (χ2v) is 41.4. The molecule has 1 saturated heterocycles. The van der Waals surface area contributed by atoms with Gasteiger partial charge in [0.25, 0.3) is 5.91 Å². The highest BCUT2D eigenvalue weighted by Crippen LogP contribution is 2.56. The fourth-order valence-corrected chi connectivity index (χ4v) is 27.2. The van der Waals surface area contributed by atoms with Gasteiger partial charge in [-0.05, 0) is 105 Å². The predicted molar refractivity (Wildman–Crippen MR) is 385 cm³/mol. The van der Waals surface area contributed by atoms with Crippen molar-refractivity contribution in [1.82, 2.24) is 14.9 Å². The Morgan fingerprint density at radius 2 is 1.17 bits per heavy atom. The van der Waals surface area contributed by atoms with E-state index in [4.69, 9.17) is 64.9 Å². The third-order valence-electron chi connectivity index (χ3n) is 18.2. The lowest BCUT2D eigenvalue weighted by Gasteiger charge is -2.43. The summed E-state index contributed by atoms with van der Waals surface area (Å²) in [4.78, 5) is 54.0. The maximum Gasteiger partial charge on any atom is 0.475 e. The molecule has 2 heterocycles. The number of carbonyl (C=O) groups is 3. The Balaban J connectivity index is 1.51. The largest absolute Gasteiger partial charge is 0.475 e. The fourth-order valence-electron chi connectivity index (χ4n) is 13.8. The van der Waals surface area contributed by atoms with Crippen LogP contribution in [0.25, 0.3) is 11.1 Å². The molecule has 2 aliphatic rings. The van der Waals surface area contributed by atoms with Gasteiger partial charge in [-0.15, -0.1) is 0 Å². The van der Waals surface area contributed by atoms with Crippen molar-refractivity contribution >= 4 is 72.0 Å². The zero-order valence-corrected chi connectivity index (χ0v) is 65.5. The highest BCUT2D eigenvalue weighted by molar-refractivity contribution is 9.10. The van der Waals surface area contributed by atoms with Gasteiger partial charge in [-0.1, -0.05) is 148 Å². The molecule has 2 amide bonds. The van der Waals surface area contributed by atoms with Crippen LogP contribution in [0.2, 0.25) is 33.2 Å². The average Bonchev–Trinajstić information content (AvgIpc) is 1.66. The zero-order valence-electron chi connectivity index (χ0n) is 60.1. The van der Waals surface area contributed by atoms with Crippen LogP contribution in [0.5, 0.6) is 0 Å². The van der Waals surface area contributed by atoms with Crippen LogP contribution in [0.4, 0.5) is 10.6 Å². The van der Waals surface area contributed by atoms with Gasteiger partial charge in [0.2, 0.25) is 22.3 Å². The van der Waals surface area contributed by atoms with E-state index in [0.29, 0.717) is 5.56 Å². The first kappa shape index (κ1) is 83.6. The van der Waals surface area contributed by atoms with Crippen LogP contribution in [0, 0.1) is 45.3 Å². The highest BCUT2D eigenvalue weighted by Gasteiger charge is 2.54. The molecule has 5 atom stereocenters. The maximum atomic E-state index is 15.2. The van der Waals surface area contributed by atoms with Crippen LogP contribution in [-0.2, 0) is 68.9 Å². The summed E-state index contributed by atoms with van der Waals surface area (Å²) in [7, 11) is -13.8. The Bertz CT molecular complexity index is 3590. The lowest BCUT2D eigenvalue weighted by molar-refractivity contribution is -0.143. The van der Waals surface area contributed by atoms with Gasteiger partial charge >= 0.3 is 27.7 Å². The number of methoxy groups -OCH3 is 1. The molecule has 1 aromatic heterocycles. The number of alkyl carbamates (subject to hydrolysis) is 1. The molecule has 6 rings (SSSR count). The molecular formula is C70H98BrN9O17P2Si2. The van der Waals surface area contributed by atoms with Gasteiger partial charge in [0.05, 0.1) is 90.1 Å². The number of unbranched alkanes of at least 4 members (excludes halogenated alkanes) is 1. The number of phosphoric acid groups is 2. The van der Waals surface area contributed by atoms with Crippen molar-refractivity contribution < 1.29 is 78.5 Å². The number of halogens is 1. The number of nitrogens with one attached hydrogen (secondary N) is 1. The minimum absolute atomic E-state index is 0.00640. The summed E-state index contributed by atoms with van der Waals surface area (Å²) in [6, 6.07) is 30.9. The number of anilines is 1. The van der Waals surface area contributed by atoms with E-state index in [-0.39, 0.29) is 115 Å². The number of rotatable bonds is 42. The summed E-state index contributed by atoms with van der Waals surface area (Å²) in [5.74, 6) is -1.29. The molecule has 3 aromatic carbocycles. The normalized spacial score (nSPS) is 16.9. The third kappa shape index (κ3) is 21.9. The molecule has 0 bridgehead atoms. The van der Waals surface area contributed by atoms with Crippen LogP contribution in [-0.4, -0.2) is 135 Å². The van der Waals surface area contributed by atoms with Gasteiger partial charge < -0.3 is 33.1 Å². The van der Waals surface area contributed by atoms with Crippen molar-refractivity contribution in [2.45, 2.75) is 198 Å². The smallest absolute Gasteiger partial charge is 0.467 e. The van der Waals surface area contributed by atoms with Gasteiger partial charge in [0, 0.05) is 28.7 Å². The number of phosphoric ester groups is 2. The number of carbonyl (C=O) groups excluding carboxylic acids is 3. The highest BCUT2D eigenvalue weighted by atomic mass is 79.9. The Morgan fingerprint density at radius 1 is 0.663 bits per heavy atom. The van der Waals surface area contributed by atoms with E-state index in [9.17, 15) is 35.2 Å². The molecule has 4 aromatic rings. The van der Waals surface area contributed by atoms with Crippen molar-refractivity contribution in [2.75, 3.05) is 71.7 Å². The predicted octanol–water partition coefficient (Wildman–Crippen LogP) is 15.4. The van der Waals surface area contributed by atoms with E-state index >= 15 is 9.36 Å². The Kier molecular flexibility index (Phi) is 33.2. The van der Waals surface area contributed by atoms with Crippen molar-refractivity contribution in [2.24, 2.45) is 4.99 Å². The van der Waals surface area contributed by atoms with Gasteiger partial charge in [0.15, 0.2) is 6.23 Å². The average molecular weight is 1540 g/mol. The fraction of sp³-hybridized carbons (Fsp3) is 0.586. The molecule has 550 valence electrons. The summed E-state index contributed by atoms with van der Waals surface area (Å²) in [5.41, 5.74) is 4.93. The van der Waals surface area contributed by atoms with Crippen LogP contribution >= 0.6 is 31.6 Å². The number of nitriles is 4. The summed E-state index contributed by atoms with van der Waals surface area (Å²) >= 11 is 3.50. The first-order chi connectivity index (χ1) is 48.2. The van der Waals surface area contributed by atoms with E-state index in [2.05, 4.69) is 104 Å². The van der Waals surface area contributed by atoms with Crippen LogP contribution in [0.15, 0.2) is 94.5 Å². The molecule has 1 aliphatic carbocycles. The first-order valence-electron chi connectivity index (χ1n) is 34.2. The molecule has 1 aliphatic heterocycles. The lowest BCUT2D eigenvalue weighted by Crippen LogP contribution is -2.51. The molecule has 26 nitrogen and oxygen atoms in total. The molecule has 0 unspecified atom stereocenters. The first-order valence-corrected chi connectivity index (χ1v) is 42.2. The zero-order chi connectivity index (χ0) is 74.1. The van der Waals surface area contributed by atoms with Crippen molar-refractivity contribution in [3.8, 4) is 35.4 Å². The number of fused-ring (bicyclic) bond motifs is 3. The number of esters is 1. The number of ether oxygens (including phenoxy) is 4. The monoisotopic (exact) mass is 1530 g/mol. The maximum absolute atomic E-state index is 15.2. The second kappa shape index (κ2) is 40.1. The number of hydrogen-bond acceptors (Lipinski definition) is 23. The van der Waals surface area contributed by atoms with Gasteiger partial charge in [-0.25, -0.2) is 18.7 Å². The summed E-state index contributed by atoms with van der Waals surface area (Å²) < 4.78 is 106. The Morgan fingerprint density at radius 3 is 1.67 bits per heavy atom. The topological polar surface area (TPSA) is 337 Å². The van der Waals surface area contributed by atoms with E-state index in [1.807, 2.05) is 72.8 Å². The lowest BCUT2D eigenvalue weighted by atomic mass is 9.98. The number of hydrogen-bond donors (Lipinski definition) is 1. The van der Waals surface area contributed by atoms with Gasteiger partial charge in [-0.2, -0.15) is 26.0 Å². The minimum atomic E-state index is -4.87. The molecule has 0 spiro atoms. The number of nitrogens with zero attached hydrogens (tertiary/aromatic N) is 8. The summed E-state index contributed by atoms with van der Waals surface area (Å²) in [6.45, 7) is 22.3. The van der Waals surface area contributed by atoms with Crippen molar-refractivity contribution in [3.63, 3.8) is 0 Å². The minimum Gasteiger partial charge on any atom is -0.467 e. The molecular weight excluding hydrogens is 1440 g/mol. The summed E-state index contributed by atoms with van der Waals surface area (Å²) in [5, 5.41) is 40.7. The molecule has 1 N–H and O–H groups in total. The Hall–Kier alpha value is -6.32. The third-order valence-corrected chi connectivity index (χ3v) is 33.8. The SMILES string of the molecule is COC(=O)[C@H](CCCCN=c1nc(N(CO[Si](C(C)C)(C(C)C)C(C)C)C(=O)c2ccc(Br)cc2)ccn1[C@@H]1O[C@H](COP(=O)(OCCC#N)OCCC#N)[C@@H](OP(=O)(OCCC#N)OCCC#N)[C@H]1OCO[Si](C(C)C)(C(C)C)C(C)C)NC(=O)OCC1c2ccccc2-c2ccccc21. The molecule has 0 radical (unpaired) electrons. The standard InChI is InChI=1S/C70H98BrN9O17P2Si2/c1-48(2)100(49(3)4,50(5)6)94-46-80(66(81)54-29-31-55(71)32-30-54)63-33-39-79(69(78-63)76-38-19-18-28-61(68(82)86-13)77-70(83)87-44-60-58-26-16-14-24-56(58)57-25-15-17-27-59(57)60)67-65(88-47-95-101(51(7)8,52(9)10)53(11)12)64(97-99(85,91-42-22-36-74)92-43-23-37-75)62(96-67)45-93-98(84,89-40-20-34-72)90-41-21-35-73/h14-17,24-27,29-33,39,48-53,60-62,64-65,67H,18-23,28,38,40-47H2,1-13H3,(H,77,83)/t61-,62+,64+,65+,67+/m0/s1. The van der Waals surface area contributed by atoms with Crippen molar-refractivity contribution in [1.29, 1.82) is 21.0 Å². The van der Waals surface area contributed by atoms with Crippen LogP contribution < -0.4 is 15.8 Å². The number of aromatic nitrogens is 2. The van der Waals surface area contributed by atoms with Crippen molar-refractivity contribution in [3.05, 3.63) is 112 Å². The molecule has 0 saturated carbocycles. The van der Waals surface area contributed by atoms with Gasteiger partial charge in [0.1, 0.15) is 50.3 Å². The van der Waals surface area contributed by atoms with Crippen LogP contribution in [0.3, 0.4) is 0 Å². The van der Waals surface area contributed by atoms with E-state index < -0.39 is 121 Å². The number of benzene rings is 3. The summed E-state index contributed by atoms with van der Waals surface area (Å²) in [6.07, 6.45) is -5.65. The van der Waals surface area contributed by atoms with E-state index in [0.717, 1.165) is 26.7 Å². The second-order valence-electron chi connectivity index (χ2n) is 26.2. The van der Waals surface area contributed by atoms with E-state index in [1.54, 1.807) is 36.5 Å². The van der Waals surface area contributed by atoms with Crippen LogP contribution in [0.1, 0.15) is 162 Å². The molecule has 101 heavy (non-hydrogen) atoms. The van der Waals surface area contributed by atoms with Gasteiger partial charge in [-0.3, -0.25) is 46.4 Å². The number of amides is 2. The Labute approximate surface area is 604 Å². The molecule has 1 fully saturated rings. The molecule has 31 heteroatoms. The van der Waals surface area contributed by atoms with E-state index in [1.165, 1.54) is 16.6 Å². The quantitative estimate of drug-likeness (QED) is 0.0142.